The number of allylic oxidation sites excluding steroid dienone is 1. The third-order valence-corrected chi connectivity index (χ3v) is 5.77. The van der Waals surface area contributed by atoms with Crippen molar-refractivity contribution < 1.29 is 17.2 Å². The van der Waals surface area contributed by atoms with Gasteiger partial charge in [0.1, 0.15) is 11.6 Å². The number of sulfone groups is 1. The number of aromatic nitrogens is 2. The second-order valence-corrected chi connectivity index (χ2v) is 7.95. The second-order valence-electron chi connectivity index (χ2n) is 6.06. The van der Waals surface area contributed by atoms with Crippen LogP contribution in [-0.4, -0.2) is 24.1 Å². The predicted molar refractivity (Wildman–Crippen MR) is 99.6 cm³/mol. The van der Waals surface area contributed by atoms with Crippen LogP contribution in [0.3, 0.4) is 0 Å². The zero-order valence-electron chi connectivity index (χ0n) is 14.4. The van der Waals surface area contributed by atoms with Crippen molar-refractivity contribution in [3.05, 3.63) is 89.4 Å². The molecule has 8 heteroatoms. The van der Waals surface area contributed by atoms with Crippen molar-refractivity contribution in [1.29, 1.82) is 0 Å². The van der Waals surface area contributed by atoms with Crippen LogP contribution < -0.4 is 0 Å². The van der Waals surface area contributed by atoms with Gasteiger partial charge in [-0.1, -0.05) is 12.1 Å². The molecule has 0 saturated heterocycles. The van der Waals surface area contributed by atoms with Gasteiger partial charge in [0.15, 0.2) is 5.03 Å². The third-order valence-electron chi connectivity index (χ3n) is 4.14. The van der Waals surface area contributed by atoms with Gasteiger partial charge in [0.2, 0.25) is 9.84 Å². The fourth-order valence-electron chi connectivity index (χ4n) is 2.79. The minimum Gasteiger partial charge on any atom is -0.278 e. The molecule has 4 rings (SSSR count). The number of nitrogens with zero attached hydrogens (tertiary/aromatic N) is 3. The maximum atomic E-state index is 13.5. The van der Waals surface area contributed by atoms with E-state index in [4.69, 9.17) is 0 Å². The number of hydrogen-bond donors (Lipinski definition) is 0. The van der Waals surface area contributed by atoms with E-state index in [-0.39, 0.29) is 5.03 Å². The van der Waals surface area contributed by atoms with Gasteiger partial charge in [-0.3, -0.25) is 9.98 Å². The van der Waals surface area contributed by atoms with Crippen molar-refractivity contribution in [2.45, 2.75) is 16.5 Å². The summed E-state index contributed by atoms with van der Waals surface area (Å²) in [5.74, 6) is -1.94. The molecule has 0 saturated carbocycles. The number of aliphatic imine (C=N–C) groups is 1. The zero-order valence-corrected chi connectivity index (χ0v) is 15.2. The van der Waals surface area contributed by atoms with Crippen LogP contribution in [0.2, 0.25) is 0 Å². The number of hydrogen-bond acceptors (Lipinski definition) is 5. The average molecular weight is 397 g/mol. The van der Waals surface area contributed by atoms with Crippen LogP contribution in [0.4, 0.5) is 8.78 Å². The molecule has 2 aromatic heterocycles. The van der Waals surface area contributed by atoms with E-state index in [1.54, 1.807) is 30.5 Å². The topological polar surface area (TPSA) is 72.3 Å². The molecule has 1 aromatic carbocycles. The third kappa shape index (κ3) is 3.46. The van der Waals surface area contributed by atoms with Gasteiger partial charge in [0.05, 0.1) is 28.5 Å². The Morgan fingerprint density at radius 1 is 0.964 bits per heavy atom. The summed E-state index contributed by atoms with van der Waals surface area (Å²) in [4.78, 5) is 12.3. The van der Waals surface area contributed by atoms with Crippen LogP contribution >= 0.6 is 0 Å². The van der Waals surface area contributed by atoms with E-state index in [1.807, 2.05) is 12.1 Å². The molecular weight excluding hydrogens is 384 g/mol. The minimum absolute atomic E-state index is 0.294. The van der Waals surface area contributed by atoms with Gasteiger partial charge >= 0.3 is 0 Å². The average Bonchev–Trinajstić information content (AvgIpc) is 3.09. The molecule has 140 valence electrons. The van der Waals surface area contributed by atoms with Gasteiger partial charge in [0, 0.05) is 17.8 Å². The van der Waals surface area contributed by atoms with Crippen LogP contribution in [0.5, 0.6) is 0 Å². The lowest BCUT2D eigenvalue weighted by molar-refractivity contribution is 0.566. The summed E-state index contributed by atoms with van der Waals surface area (Å²) < 4.78 is 52.4. The Kier molecular flexibility index (Phi) is 4.56. The molecule has 1 aliphatic heterocycles. The van der Waals surface area contributed by atoms with Gasteiger partial charge < -0.3 is 0 Å². The van der Waals surface area contributed by atoms with Crippen molar-refractivity contribution >= 4 is 21.6 Å². The molecule has 0 aliphatic carbocycles. The van der Waals surface area contributed by atoms with Crippen molar-refractivity contribution in [1.82, 2.24) is 9.97 Å². The highest BCUT2D eigenvalue weighted by Gasteiger charge is 2.24. The molecule has 0 N–H and O–H groups in total. The molecule has 1 aliphatic rings. The monoisotopic (exact) mass is 397 g/mol. The van der Waals surface area contributed by atoms with Crippen LogP contribution in [0.25, 0.3) is 6.08 Å². The fraction of sp³-hybridized carbons (Fsp3) is 0.0500. The molecule has 5 nitrogen and oxygen atoms in total. The molecule has 3 heterocycles. The lowest BCUT2D eigenvalue weighted by Crippen LogP contribution is -2.09. The maximum Gasteiger partial charge on any atom is 0.224 e. The summed E-state index contributed by atoms with van der Waals surface area (Å²) in [5, 5.41) is -0.294. The van der Waals surface area contributed by atoms with Gasteiger partial charge in [-0.15, -0.1) is 0 Å². The van der Waals surface area contributed by atoms with E-state index in [9.17, 15) is 17.2 Å². The van der Waals surface area contributed by atoms with Crippen LogP contribution in [0, 0.1) is 11.6 Å². The Morgan fingerprint density at radius 3 is 2.46 bits per heavy atom. The largest absolute Gasteiger partial charge is 0.278 e. The summed E-state index contributed by atoms with van der Waals surface area (Å²) in [5.41, 5.74) is 2.43. The van der Waals surface area contributed by atoms with Crippen molar-refractivity contribution in [3.63, 3.8) is 0 Å². The zero-order chi connectivity index (χ0) is 19.7. The Balaban J connectivity index is 1.71. The summed E-state index contributed by atoms with van der Waals surface area (Å²) in [6.45, 7) is 0.374. The summed E-state index contributed by atoms with van der Waals surface area (Å²) in [6, 6.07) is 10.5. The van der Waals surface area contributed by atoms with Gasteiger partial charge in [-0.2, -0.15) is 0 Å². The van der Waals surface area contributed by atoms with E-state index in [2.05, 4.69) is 15.0 Å². The lowest BCUT2D eigenvalue weighted by Gasteiger charge is -2.07. The fourth-order valence-corrected chi connectivity index (χ4v) is 4.02. The standard InChI is InChI=1S/C20H13F2N3O2S/c21-14-9-15(22)11-17(10-14)28(26,27)19-7-4-13-12-24-18(20(13)25-19)6-5-16-3-1-2-8-23-16/h1-11H,12H2/b6-5+. The maximum absolute atomic E-state index is 13.5. The number of pyridine rings is 2. The van der Waals surface area contributed by atoms with E-state index in [0.29, 0.717) is 24.0 Å². The SMILES string of the molecule is O=S(=O)(c1cc(F)cc(F)c1)c1ccc2c(n1)C(/C=C/c1ccccn1)=NC2. The first kappa shape index (κ1) is 18.1. The van der Waals surface area contributed by atoms with Crippen molar-refractivity contribution in [2.24, 2.45) is 4.99 Å². The van der Waals surface area contributed by atoms with E-state index in [0.717, 1.165) is 23.4 Å². The Hall–Kier alpha value is -3.26. The number of rotatable bonds is 4. The Labute approximate surface area is 160 Å². The molecular formula is C20H13F2N3O2S. The lowest BCUT2D eigenvalue weighted by atomic mass is 10.1. The van der Waals surface area contributed by atoms with Crippen molar-refractivity contribution in [2.75, 3.05) is 0 Å². The first-order chi connectivity index (χ1) is 13.4. The Bertz CT molecular complexity index is 1200. The Morgan fingerprint density at radius 2 is 1.75 bits per heavy atom. The van der Waals surface area contributed by atoms with E-state index >= 15 is 0 Å². The highest BCUT2D eigenvalue weighted by molar-refractivity contribution is 7.91. The second kappa shape index (κ2) is 7.05. The first-order valence-corrected chi connectivity index (χ1v) is 9.77. The molecule has 0 fully saturated rings. The molecule has 0 atom stereocenters. The molecule has 0 unspecified atom stereocenters. The van der Waals surface area contributed by atoms with Crippen LogP contribution in [0.15, 0.2) is 75.7 Å². The van der Waals surface area contributed by atoms with Crippen molar-refractivity contribution in [3.8, 4) is 0 Å². The van der Waals surface area contributed by atoms with Gasteiger partial charge in [-0.05, 0) is 42.5 Å². The van der Waals surface area contributed by atoms with E-state index < -0.39 is 26.4 Å². The molecule has 28 heavy (non-hydrogen) atoms. The summed E-state index contributed by atoms with van der Waals surface area (Å²) >= 11 is 0. The summed E-state index contributed by atoms with van der Waals surface area (Å²) in [6.07, 6.45) is 5.11. The van der Waals surface area contributed by atoms with Gasteiger partial charge in [-0.25, -0.2) is 22.2 Å². The number of fused-ring (bicyclic) bond motifs is 1. The smallest absolute Gasteiger partial charge is 0.224 e. The van der Waals surface area contributed by atoms with E-state index in [1.165, 1.54) is 6.07 Å². The van der Waals surface area contributed by atoms with Crippen LogP contribution in [-0.2, 0) is 16.4 Å². The first-order valence-electron chi connectivity index (χ1n) is 8.28. The highest BCUT2D eigenvalue weighted by Crippen LogP contribution is 2.25. The quantitative estimate of drug-likeness (QED) is 0.674. The molecule has 3 aromatic rings. The number of benzene rings is 1. The molecule has 0 spiro atoms. The molecule has 0 amide bonds. The predicted octanol–water partition coefficient (Wildman–Crippen LogP) is 3.60. The van der Waals surface area contributed by atoms with Crippen LogP contribution in [0.1, 0.15) is 17.0 Å². The number of halogens is 2. The minimum atomic E-state index is -4.18. The normalized spacial score (nSPS) is 13.6. The highest BCUT2D eigenvalue weighted by atomic mass is 32.2. The molecule has 0 bridgehead atoms. The molecule has 0 radical (unpaired) electrons. The summed E-state index contributed by atoms with van der Waals surface area (Å²) in [7, 11) is -4.18. The van der Waals surface area contributed by atoms with Gasteiger partial charge in [0.25, 0.3) is 0 Å².